The molecule has 0 aliphatic rings. The van der Waals surface area contributed by atoms with Crippen LogP contribution in [0, 0.1) is 0 Å². The maximum absolute atomic E-state index is 12.4. The Labute approximate surface area is 177 Å². The predicted octanol–water partition coefficient (Wildman–Crippen LogP) is 3.04. The van der Waals surface area contributed by atoms with Crippen molar-refractivity contribution in [3.63, 3.8) is 0 Å². The van der Waals surface area contributed by atoms with E-state index in [1.807, 2.05) is 0 Å². The first kappa shape index (κ1) is 24.0. The van der Waals surface area contributed by atoms with Crippen LogP contribution < -0.4 is 20.5 Å². The molecule has 12 heteroatoms. The average Bonchev–Trinajstić information content (AvgIpc) is 2.61. The molecule has 0 saturated carbocycles. The quantitative estimate of drug-likeness (QED) is 0.303. The third kappa shape index (κ3) is 7.16. The highest BCUT2D eigenvalue weighted by Gasteiger charge is 2.32. The summed E-state index contributed by atoms with van der Waals surface area (Å²) in [6.07, 6.45) is -4.83. The van der Waals surface area contributed by atoms with Gasteiger partial charge in [0.2, 0.25) is 10.0 Å². The number of guanidine groups is 1. The van der Waals surface area contributed by atoms with Crippen LogP contribution in [0.25, 0.3) is 0 Å². The van der Waals surface area contributed by atoms with Crippen molar-refractivity contribution in [3.8, 4) is 5.75 Å². The molecule has 0 aliphatic carbocycles. The second-order valence-corrected chi connectivity index (χ2v) is 7.11. The number of sulfonamides is 1. The van der Waals surface area contributed by atoms with Gasteiger partial charge in [0.1, 0.15) is 0 Å². The highest BCUT2D eigenvalue weighted by Crippen LogP contribution is 2.29. The number of hydrogen-bond donors (Lipinski definition) is 3. The zero-order valence-electron chi connectivity index (χ0n) is 14.5. The largest absolute Gasteiger partial charge is 0.573 e. The van der Waals surface area contributed by atoms with Crippen molar-refractivity contribution in [2.75, 3.05) is 12.4 Å². The van der Waals surface area contributed by atoms with Crippen LogP contribution in [-0.4, -0.2) is 27.8 Å². The Morgan fingerprint density at radius 1 is 1.14 bits per heavy atom. The van der Waals surface area contributed by atoms with Gasteiger partial charge in [0.05, 0.1) is 17.1 Å². The van der Waals surface area contributed by atoms with E-state index in [9.17, 15) is 21.6 Å². The van der Waals surface area contributed by atoms with Gasteiger partial charge in [0, 0.05) is 0 Å². The number of para-hydroxylation sites is 2. The molecule has 0 fully saturated rings. The molecule has 0 unspecified atom stereocenters. The van der Waals surface area contributed by atoms with Crippen LogP contribution in [0.3, 0.4) is 0 Å². The van der Waals surface area contributed by atoms with Crippen LogP contribution in [0.2, 0.25) is 0 Å². The van der Waals surface area contributed by atoms with Gasteiger partial charge < -0.3 is 15.8 Å². The van der Waals surface area contributed by atoms with Crippen molar-refractivity contribution >= 4 is 45.6 Å². The Kier molecular flexibility index (Phi) is 8.50. The number of anilines is 1. The van der Waals surface area contributed by atoms with E-state index in [-0.39, 0.29) is 47.1 Å². The molecule has 0 spiro atoms. The van der Waals surface area contributed by atoms with E-state index in [0.29, 0.717) is 5.56 Å². The number of nitrogens with one attached hydrogen (secondary N) is 2. The van der Waals surface area contributed by atoms with Gasteiger partial charge in [-0.25, -0.2) is 18.1 Å². The van der Waals surface area contributed by atoms with Gasteiger partial charge in [-0.15, -0.1) is 37.1 Å². The Morgan fingerprint density at radius 3 is 2.32 bits per heavy atom. The zero-order chi connectivity index (χ0) is 20.1. The standard InChI is InChI=1S/C16H17F3N4O3S.HI/c1-21-27(24,25)12-8-6-11(7-9-12)10-22-15(20)23-13-4-2-3-5-14(13)26-16(17,18)19;/h2-9,21H,10H2,1H3,(H3,20,22,23);1H. The van der Waals surface area contributed by atoms with Gasteiger partial charge in [0.15, 0.2) is 11.7 Å². The summed E-state index contributed by atoms with van der Waals surface area (Å²) >= 11 is 0. The first-order valence-corrected chi connectivity index (χ1v) is 9.03. The molecular weight excluding hydrogens is 512 g/mol. The molecular formula is C16H18F3IN4O3S. The summed E-state index contributed by atoms with van der Waals surface area (Å²) in [5.41, 5.74) is 6.37. The van der Waals surface area contributed by atoms with Crippen molar-refractivity contribution < 1.29 is 26.3 Å². The van der Waals surface area contributed by atoms with Crippen molar-refractivity contribution in [2.24, 2.45) is 10.7 Å². The topological polar surface area (TPSA) is 106 Å². The number of alkyl halides is 3. The molecule has 0 saturated heterocycles. The Morgan fingerprint density at radius 2 is 1.75 bits per heavy atom. The van der Waals surface area contributed by atoms with E-state index in [4.69, 9.17) is 5.73 Å². The minimum absolute atomic E-state index is 0. The fraction of sp³-hybridized carbons (Fsp3) is 0.188. The Balaban J connectivity index is 0.00000392. The second kappa shape index (κ2) is 9.93. The molecule has 0 bridgehead atoms. The predicted molar refractivity (Wildman–Crippen MR) is 110 cm³/mol. The number of benzene rings is 2. The molecule has 2 rings (SSSR count). The minimum Gasteiger partial charge on any atom is -0.404 e. The van der Waals surface area contributed by atoms with Crippen LogP contribution in [0.4, 0.5) is 18.9 Å². The van der Waals surface area contributed by atoms with E-state index < -0.39 is 22.1 Å². The van der Waals surface area contributed by atoms with Crippen LogP contribution in [0.15, 0.2) is 58.4 Å². The molecule has 0 radical (unpaired) electrons. The number of ether oxygens (including phenoxy) is 1. The molecule has 2 aromatic carbocycles. The average molecular weight is 530 g/mol. The summed E-state index contributed by atoms with van der Waals surface area (Å²) in [6, 6.07) is 11.3. The van der Waals surface area contributed by atoms with E-state index in [1.165, 1.54) is 37.4 Å². The number of nitrogens with two attached hydrogens (primary N) is 1. The summed E-state index contributed by atoms with van der Waals surface area (Å²) in [5.74, 6) is -0.565. The summed E-state index contributed by atoms with van der Waals surface area (Å²) in [6.45, 7) is 0.0982. The minimum atomic E-state index is -4.83. The van der Waals surface area contributed by atoms with Crippen LogP contribution in [-0.2, 0) is 16.6 Å². The van der Waals surface area contributed by atoms with Gasteiger partial charge in [-0.2, -0.15) is 0 Å². The third-order valence-electron chi connectivity index (χ3n) is 3.31. The molecule has 4 N–H and O–H groups in total. The summed E-state index contributed by atoms with van der Waals surface area (Å²) < 4.78 is 66.7. The van der Waals surface area contributed by atoms with Gasteiger partial charge in [-0.05, 0) is 36.9 Å². The first-order valence-electron chi connectivity index (χ1n) is 7.55. The molecule has 2 aromatic rings. The fourth-order valence-corrected chi connectivity index (χ4v) is 2.76. The maximum atomic E-state index is 12.4. The Hall–Kier alpha value is -2.06. The normalized spacial score (nSPS) is 12.2. The summed E-state index contributed by atoms with van der Waals surface area (Å²) in [4.78, 5) is 4.12. The lowest BCUT2D eigenvalue weighted by atomic mass is 10.2. The van der Waals surface area contributed by atoms with E-state index in [2.05, 4.69) is 19.8 Å². The van der Waals surface area contributed by atoms with Gasteiger partial charge >= 0.3 is 6.36 Å². The maximum Gasteiger partial charge on any atom is 0.573 e. The van der Waals surface area contributed by atoms with Crippen molar-refractivity contribution in [1.82, 2.24) is 4.72 Å². The number of hydrogen-bond acceptors (Lipinski definition) is 4. The third-order valence-corrected chi connectivity index (χ3v) is 4.74. The monoisotopic (exact) mass is 530 g/mol. The number of halogens is 4. The lowest BCUT2D eigenvalue weighted by Crippen LogP contribution is -2.24. The number of rotatable bonds is 6. The molecule has 154 valence electrons. The first-order chi connectivity index (χ1) is 12.6. The smallest absolute Gasteiger partial charge is 0.404 e. The molecule has 0 aliphatic heterocycles. The molecule has 0 heterocycles. The van der Waals surface area contributed by atoms with Crippen LogP contribution in [0.1, 0.15) is 5.56 Å². The van der Waals surface area contributed by atoms with E-state index in [1.54, 1.807) is 12.1 Å². The van der Waals surface area contributed by atoms with Gasteiger partial charge in [0.25, 0.3) is 0 Å². The van der Waals surface area contributed by atoms with E-state index in [0.717, 1.165) is 6.07 Å². The number of aliphatic imine (C=N–C) groups is 1. The molecule has 7 nitrogen and oxygen atoms in total. The van der Waals surface area contributed by atoms with Crippen molar-refractivity contribution in [3.05, 3.63) is 54.1 Å². The summed E-state index contributed by atoms with van der Waals surface area (Å²) in [5, 5.41) is 2.54. The Bertz CT molecular complexity index is 919. The fourth-order valence-electron chi connectivity index (χ4n) is 2.03. The van der Waals surface area contributed by atoms with Crippen LogP contribution in [0.5, 0.6) is 5.75 Å². The van der Waals surface area contributed by atoms with Crippen LogP contribution >= 0.6 is 24.0 Å². The highest BCUT2D eigenvalue weighted by molar-refractivity contribution is 14.0. The van der Waals surface area contributed by atoms with Crippen molar-refractivity contribution in [1.29, 1.82) is 0 Å². The molecule has 0 amide bonds. The highest BCUT2D eigenvalue weighted by atomic mass is 127. The lowest BCUT2D eigenvalue weighted by Gasteiger charge is -2.14. The summed E-state index contributed by atoms with van der Waals surface area (Å²) in [7, 11) is -2.23. The molecule has 28 heavy (non-hydrogen) atoms. The number of nitrogens with zero attached hydrogens (tertiary/aromatic N) is 1. The molecule has 0 aromatic heterocycles. The van der Waals surface area contributed by atoms with E-state index >= 15 is 0 Å². The van der Waals surface area contributed by atoms with Crippen molar-refractivity contribution in [2.45, 2.75) is 17.8 Å². The van der Waals surface area contributed by atoms with Gasteiger partial charge in [-0.1, -0.05) is 24.3 Å². The molecule has 0 atom stereocenters. The second-order valence-electron chi connectivity index (χ2n) is 5.22. The SMILES string of the molecule is CNS(=O)(=O)c1ccc(CN=C(N)Nc2ccccc2OC(F)(F)F)cc1.I. The lowest BCUT2D eigenvalue weighted by molar-refractivity contribution is -0.274. The zero-order valence-corrected chi connectivity index (χ0v) is 17.7. The van der Waals surface area contributed by atoms with Gasteiger partial charge in [-0.3, -0.25) is 0 Å².